The Morgan fingerprint density at radius 2 is 1.77 bits per heavy atom. The molecule has 1 aromatic carbocycles. The van der Waals surface area contributed by atoms with Crippen LogP contribution in [0.5, 0.6) is 0 Å². The van der Waals surface area contributed by atoms with E-state index in [2.05, 4.69) is 10.2 Å². The van der Waals surface area contributed by atoms with Gasteiger partial charge in [-0.2, -0.15) is 0 Å². The smallest absolute Gasteiger partial charge is 0.277 e. The number of piperazine rings is 1. The van der Waals surface area contributed by atoms with E-state index in [-0.39, 0.29) is 24.8 Å². The van der Waals surface area contributed by atoms with Crippen LogP contribution in [0.4, 0.5) is 11.4 Å². The Kier molecular flexibility index (Phi) is 5.22. The van der Waals surface area contributed by atoms with E-state index >= 15 is 0 Å². The van der Waals surface area contributed by atoms with Crippen LogP contribution in [0, 0.1) is 0 Å². The standard InChI is InChI=1S/C18H22N4O4/c1-13(24)20-6-8-21(9-7-20)15-4-2-14(3-5-15)19-16-12-17(25)22(10-11-23)18(16)26/h2-5,12,19,23H,6-11H2,1H3. The first-order valence-electron chi connectivity index (χ1n) is 8.55. The van der Waals surface area contributed by atoms with E-state index in [1.807, 2.05) is 29.2 Å². The summed E-state index contributed by atoms with van der Waals surface area (Å²) >= 11 is 0. The number of imide groups is 1. The summed E-state index contributed by atoms with van der Waals surface area (Å²) in [5, 5.41) is 11.9. The molecule has 3 rings (SSSR count). The van der Waals surface area contributed by atoms with Crippen molar-refractivity contribution in [3.05, 3.63) is 36.0 Å². The average Bonchev–Trinajstić information content (AvgIpc) is 2.90. The Morgan fingerprint density at radius 3 is 2.35 bits per heavy atom. The predicted octanol–water partition coefficient (Wildman–Crippen LogP) is 0.0120. The summed E-state index contributed by atoms with van der Waals surface area (Å²) in [7, 11) is 0. The molecule has 2 aliphatic heterocycles. The van der Waals surface area contributed by atoms with Crippen molar-refractivity contribution in [1.82, 2.24) is 9.80 Å². The molecule has 0 unspecified atom stereocenters. The van der Waals surface area contributed by atoms with Gasteiger partial charge in [0.05, 0.1) is 13.2 Å². The van der Waals surface area contributed by atoms with Crippen molar-refractivity contribution in [2.24, 2.45) is 0 Å². The lowest BCUT2D eigenvalue weighted by molar-refractivity contribution is -0.137. The number of nitrogens with one attached hydrogen (secondary N) is 1. The van der Waals surface area contributed by atoms with Gasteiger partial charge in [0.25, 0.3) is 11.8 Å². The lowest BCUT2D eigenvalue weighted by atomic mass is 10.2. The van der Waals surface area contributed by atoms with E-state index in [4.69, 9.17) is 5.11 Å². The minimum absolute atomic E-state index is 0.00940. The van der Waals surface area contributed by atoms with Gasteiger partial charge in [0.15, 0.2) is 0 Å². The lowest BCUT2D eigenvalue weighted by Crippen LogP contribution is -2.48. The van der Waals surface area contributed by atoms with Gasteiger partial charge in [-0.05, 0) is 24.3 Å². The van der Waals surface area contributed by atoms with Crippen LogP contribution in [0.2, 0.25) is 0 Å². The van der Waals surface area contributed by atoms with Gasteiger partial charge < -0.3 is 20.2 Å². The Morgan fingerprint density at radius 1 is 1.12 bits per heavy atom. The monoisotopic (exact) mass is 358 g/mol. The van der Waals surface area contributed by atoms with Crippen LogP contribution in [0.1, 0.15) is 6.92 Å². The fraction of sp³-hybridized carbons (Fsp3) is 0.389. The number of benzene rings is 1. The Bertz CT molecular complexity index is 736. The average molecular weight is 358 g/mol. The molecule has 0 aromatic heterocycles. The highest BCUT2D eigenvalue weighted by Gasteiger charge is 2.30. The third-order valence-corrected chi connectivity index (χ3v) is 4.57. The fourth-order valence-corrected chi connectivity index (χ4v) is 3.10. The highest BCUT2D eigenvalue weighted by Crippen LogP contribution is 2.22. The maximum absolute atomic E-state index is 12.1. The van der Waals surface area contributed by atoms with Crippen LogP contribution in [0.15, 0.2) is 36.0 Å². The third kappa shape index (κ3) is 3.70. The fourth-order valence-electron chi connectivity index (χ4n) is 3.10. The predicted molar refractivity (Wildman–Crippen MR) is 96.4 cm³/mol. The number of aliphatic hydroxyl groups excluding tert-OH is 1. The van der Waals surface area contributed by atoms with E-state index in [1.165, 1.54) is 6.08 Å². The van der Waals surface area contributed by atoms with E-state index in [0.29, 0.717) is 18.8 Å². The van der Waals surface area contributed by atoms with E-state index in [9.17, 15) is 14.4 Å². The molecule has 1 saturated heterocycles. The minimum atomic E-state index is -0.437. The number of hydrogen-bond acceptors (Lipinski definition) is 6. The summed E-state index contributed by atoms with van der Waals surface area (Å²) < 4.78 is 0. The highest BCUT2D eigenvalue weighted by molar-refractivity contribution is 6.17. The molecule has 0 aliphatic carbocycles. The number of amides is 3. The zero-order chi connectivity index (χ0) is 18.7. The van der Waals surface area contributed by atoms with E-state index < -0.39 is 11.8 Å². The first-order valence-corrected chi connectivity index (χ1v) is 8.55. The summed E-state index contributed by atoms with van der Waals surface area (Å²) in [5.74, 6) is -0.761. The minimum Gasteiger partial charge on any atom is -0.395 e. The van der Waals surface area contributed by atoms with Crippen molar-refractivity contribution in [2.45, 2.75) is 6.92 Å². The zero-order valence-corrected chi connectivity index (χ0v) is 14.6. The van der Waals surface area contributed by atoms with Gasteiger partial charge in [-0.15, -0.1) is 0 Å². The molecule has 2 N–H and O–H groups in total. The third-order valence-electron chi connectivity index (χ3n) is 4.57. The maximum Gasteiger partial charge on any atom is 0.277 e. The van der Waals surface area contributed by atoms with Crippen LogP contribution < -0.4 is 10.2 Å². The van der Waals surface area contributed by atoms with E-state index in [0.717, 1.165) is 23.7 Å². The topological polar surface area (TPSA) is 93.2 Å². The number of anilines is 2. The molecule has 1 aromatic rings. The summed E-state index contributed by atoms with van der Waals surface area (Å²) in [6.07, 6.45) is 1.24. The van der Waals surface area contributed by atoms with Gasteiger partial charge in [-0.25, -0.2) is 0 Å². The second kappa shape index (κ2) is 7.57. The first-order chi connectivity index (χ1) is 12.5. The molecular formula is C18H22N4O4. The van der Waals surface area contributed by atoms with E-state index in [1.54, 1.807) is 6.92 Å². The van der Waals surface area contributed by atoms with Gasteiger partial charge in [-0.1, -0.05) is 0 Å². The largest absolute Gasteiger partial charge is 0.395 e. The molecule has 0 atom stereocenters. The Balaban J connectivity index is 1.60. The molecule has 0 bridgehead atoms. The Hall–Kier alpha value is -2.87. The molecule has 0 saturated carbocycles. The second-order valence-electron chi connectivity index (χ2n) is 6.24. The lowest BCUT2D eigenvalue weighted by Gasteiger charge is -2.35. The molecule has 0 radical (unpaired) electrons. The summed E-state index contributed by atoms with van der Waals surface area (Å²) in [6.45, 7) is 4.29. The van der Waals surface area contributed by atoms with Gasteiger partial charge in [0.1, 0.15) is 5.70 Å². The van der Waals surface area contributed by atoms with Crippen molar-refractivity contribution in [3.8, 4) is 0 Å². The number of carbonyl (C=O) groups excluding carboxylic acids is 3. The molecule has 1 fully saturated rings. The SMILES string of the molecule is CC(=O)N1CCN(c2ccc(NC3=CC(=O)N(CCO)C3=O)cc2)CC1. The quantitative estimate of drug-likeness (QED) is 0.721. The molecule has 2 aliphatic rings. The number of nitrogens with zero attached hydrogens (tertiary/aromatic N) is 3. The van der Waals surface area contributed by atoms with Gasteiger partial charge in [-0.3, -0.25) is 19.3 Å². The van der Waals surface area contributed by atoms with Crippen molar-refractivity contribution >= 4 is 29.1 Å². The normalized spacial score (nSPS) is 17.6. The van der Waals surface area contributed by atoms with Gasteiger partial charge in [0, 0.05) is 50.6 Å². The summed E-state index contributed by atoms with van der Waals surface area (Å²) in [4.78, 5) is 40.3. The van der Waals surface area contributed by atoms with Crippen LogP contribution in [0.25, 0.3) is 0 Å². The molecule has 8 nitrogen and oxygen atoms in total. The molecule has 26 heavy (non-hydrogen) atoms. The molecule has 138 valence electrons. The molecule has 3 amide bonds. The number of rotatable bonds is 5. The second-order valence-corrected chi connectivity index (χ2v) is 6.24. The van der Waals surface area contributed by atoms with Crippen molar-refractivity contribution in [3.63, 3.8) is 0 Å². The maximum atomic E-state index is 12.1. The van der Waals surface area contributed by atoms with Gasteiger partial charge in [0.2, 0.25) is 5.91 Å². The summed E-state index contributed by atoms with van der Waals surface area (Å²) in [5.41, 5.74) is 1.95. The number of aliphatic hydroxyl groups is 1. The zero-order valence-electron chi connectivity index (χ0n) is 14.6. The van der Waals surface area contributed by atoms with Crippen molar-refractivity contribution < 1.29 is 19.5 Å². The first kappa shape index (κ1) is 17.9. The van der Waals surface area contributed by atoms with Gasteiger partial charge >= 0.3 is 0 Å². The Labute approximate surface area is 151 Å². The van der Waals surface area contributed by atoms with Crippen molar-refractivity contribution in [1.29, 1.82) is 0 Å². The van der Waals surface area contributed by atoms with Crippen LogP contribution in [-0.2, 0) is 14.4 Å². The molecule has 8 heteroatoms. The number of carbonyl (C=O) groups is 3. The highest BCUT2D eigenvalue weighted by atomic mass is 16.3. The molecule has 0 spiro atoms. The summed E-state index contributed by atoms with van der Waals surface area (Å²) in [6, 6.07) is 7.58. The van der Waals surface area contributed by atoms with Crippen LogP contribution >= 0.6 is 0 Å². The molecule has 2 heterocycles. The van der Waals surface area contributed by atoms with Crippen molar-refractivity contribution in [2.75, 3.05) is 49.5 Å². The number of hydrogen-bond donors (Lipinski definition) is 2. The van der Waals surface area contributed by atoms with Crippen LogP contribution in [0.3, 0.4) is 0 Å². The number of β-amino-alcohol motifs (C(OH)–C–C–N with tert-alkyl or cyclic N) is 1. The molecular weight excluding hydrogens is 336 g/mol. The van der Waals surface area contributed by atoms with Crippen LogP contribution in [-0.4, -0.2) is 72.0 Å².